The van der Waals surface area contributed by atoms with E-state index >= 15 is 0 Å². The molecular weight excluding hydrogens is 215 g/mol. The average Bonchev–Trinajstić information content (AvgIpc) is 2.19. The third kappa shape index (κ3) is 3.02. The Balaban J connectivity index is 3.01. The first kappa shape index (κ1) is 12.2. The van der Waals surface area contributed by atoms with Gasteiger partial charge in [-0.3, -0.25) is 11.3 Å². The van der Waals surface area contributed by atoms with Crippen molar-refractivity contribution in [3.8, 4) is 0 Å². The quantitative estimate of drug-likeness (QED) is 0.473. The summed E-state index contributed by atoms with van der Waals surface area (Å²) in [5.41, 5.74) is 3.95. The van der Waals surface area contributed by atoms with Crippen LogP contribution in [0.4, 0.5) is 4.39 Å². The van der Waals surface area contributed by atoms with Crippen LogP contribution >= 0.6 is 11.6 Å². The first-order valence-electron chi connectivity index (χ1n) is 4.60. The molecule has 0 aromatic heterocycles. The maximum Gasteiger partial charge on any atom is 0.146 e. The summed E-state index contributed by atoms with van der Waals surface area (Å²) in [6.45, 7) is 5.64. The van der Waals surface area contributed by atoms with Crippen LogP contribution < -0.4 is 11.3 Å². The van der Waals surface area contributed by atoms with Crippen molar-refractivity contribution >= 4 is 11.6 Å². The van der Waals surface area contributed by atoms with Crippen LogP contribution in [0.3, 0.4) is 0 Å². The highest BCUT2D eigenvalue weighted by molar-refractivity contribution is 6.30. The summed E-state index contributed by atoms with van der Waals surface area (Å²) in [6.07, 6.45) is 0.577. The highest BCUT2D eigenvalue weighted by atomic mass is 35.5. The van der Waals surface area contributed by atoms with Crippen LogP contribution in [0.5, 0.6) is 0 Å². The molecule has 0 aliphatic heterocycles. The van der Waals surface area contributed by atoms with Crippen molar-refractivity contribution in [2.75, 3.05) is 0 Å². The third-order valence-electron chi connectivity index (χ3n) is 2.11. The summed E-state index contributed by atoms with van der Waals surface area (Å²) in [5.74, 6) is 4.94. The van der Waals surface area contributed by atoms with Crippen molar-refractivity contribution in [1.82, 2.24) is 5.43 Å². The van der Waals surface area contributed by atoms with E-state index in [1.165, 1.54) is 6.07 Å². The van der Waals surface area contributed by atoms with Crippen molar-refractivity contribution in [2.24, 2.45) is 5.84 Å². The van der Waals surface area contributed by atoms with Crippen LogP contribution in [0.2, 0.25) is 5.02 Å². The number of rotatable bonds is 4. The summed E-state index contributed by atoms with van der Waals surface area (Å²) < 4.78 is 13.6. The van der Waals surface area contributed by atoms with Crippen molar-refractivity contribution in [2.45, 2.75) is 19.4 Å². The van der Waals surface area contributed by atoms with Gasteiger partial charge in [-0.1, -0.05) is 29.3 Å². The number of benzene rings is 1. The summed E-state index contributed by atoms with van der Waals surface area (Å²) in [7, 11) is 0. The van der Waals surface area contributed by atoms with Gasteiger partial charge in [0, 0.05) is 5.56 Å². The minimum absolute atomic E-state index is 0.106. The van der Waals surface area contributed by atoms with Gasteiger partial charge in [-0.05, 0) is 19.4 Å². The zero-order valence-corrected chi connectivity index (χ0v) is 9.31. The lowest BCUT2D eigenvalue weighted by Gasteiger charge is -2.17. The van der Waals surface area contributed by atoms with Gasteiger partial charge in [0.05, 0.1) is 11.1 Å². The molecule has 0 saturated carbocycles. The van der Waals surface area contributed by atoms with Gasteiger partial charge in [-0.25, -0.2) is 4.39 Å². The zero-order chi connectivity index (χ0) is 11.4. The first-order valence-corrected chi connectivity index (χ1v) is 4.98. The van der Waals surface area contributed by atoms with E-state index in [2.05, 4.69) is 12.0 Å². The maximum absolute atomic E-state index is 13.6. The minimum Gasteiger partial charge on any atom is -0.271 e. The van der Waals surface area contributed by atoms with Gasteiger partial charge < -0.3 is 0 Å². The van der Waals surface area contributed by atoms with Crippen molar-refractivity contribution in [1.29, 1.82) is 0 Å². The average molecular weight is 229 g/mol. The van der Waals surface area contributed by atoms with Gasteiger partial charge in [0.1, 0.15) is 5.82 Å². The minimum atomic E-state index is -0.427. The molecule has 1 atom stereocenters. The van der Waals surface area contributed by atoms with E-state index < -0.39 is 5.82 Å². The fourth-order valence-electron chi connectivity index (χ4n) is 1.40. The molecular formula is C11H14ClFN2. The molecule has 0 aliphatic rings. The van der Waals surface area contributed by atoms with Crippen LogP contribution in [0, 0.1) is 5.82 Å². The van der Waals surface area contributed by atoms with Crippen molar-refractivity contribution in [3.05, 3.63) is 46.8 Å². The third-order valence-corrected chi connectivity index (χ3v) is 2.40. The summed E-state index contributed by atoms with van der Waals surface area (Å²) >= 11 is 5.69. The fraction of sp³-hybridized carbons (Fsp3) is 0.273. The molecule has 0 spiro atoms. The molecule has 1 unspecified atom stereocenters. The lowest BCUT2D eigenvalue weighted by molar-refractivity contribution is 0.510. The van der Waals surface area contributed by atoms with Gasteiger partial charge in [0.25, 0.3) is 0 Å². The standard InChI is InChI=1S/C11H14ClFN2/c1-7(2)6-10(15-14)8-4-3-5-9(12)11(8)13/h3-5,10,15H,1,6,14H2,2H3. The molecule has 0 bridgehead atoms. The van der Waals surface area contributed by atoms with Crippen molar-refractivity contribution < 1.29 is 4.39 Å². The Hall–Kier alpha value is -0.900. The second-order valence-electron chi connectivity index (χ2n) is 3.52. The smallest absolute Gasteiger partial charge is 0.146 e. The maximum atomic E-state index is 13.6. The first-order chi connectivity index (χ1) is 7.06. The molecule has 0 saturated heterocycles. The van der Waals surface area contributed by atoms with E-state index in [9.17, 15) is 4.39 Å². The lowest BCUT2D eigenvalue weighted by Crippen LogP contribution is -2.28. The van der Waals surface area contributed by atoms with Crippen LogP contribution in [0.15, 0.2) is 30.4 Å². The molecule has 0 amide bonds. The number of hydrogen-bond donors (Lipinski definition) is 2. The Morgan fingerprint density at radius 2 is 2.33 bits per heavy atom. The molecule has 82 valence electrons. The molecule has 0 radical (unpaired) electrons. The Morgan fingerprint density at radius 3 is 2.87 bits per heavy atom. The summed E-state index contributed by atoms with van der Waals surface area (Å²) in [4.78, 5) is 0. The highest BCUT2D eigenvalue weighted by Gasteiger charge is 2.15. The molecule has 15 heavy (non-hydrogen) atoms. The van der Waals surface area contributed by atoms with Crippen LogP contribution in [0.25, 0.3) is 0 Å². The van der Waals surface area contributed by atoms with Gasteiger partial charge in [0.2, 0.25) is 0 Å². The molecule has 0 fully saturated rings. The van der Waals surface area contributed by atoms with Gasteiger partial charge in [0.15, 0.2) is 0 Å². The molecule has 1 rings (SSSR count). The molecule has 4 heteroatoms. The number of nitrogens with two attached hydrogens (primary N) is 1. The normalized spacial score (nSPS) is 12.5. The van der Waals surface area contributed by atoms with Crippen molar-refractivity contribution in [3.63, 3.8) is 0 Å². The second kappa shape index (κ2) is 5.26. The largest absolute Gasteiger partial charge is 0.271 e. The Kier molecular flexibility index (Phi) is 4.27. The number of hydrogen-bond acceptors (Lipinski definition) is 2. The zero-order valence-electron chi connectivity index (χ0n) is 8.56. The fourth-order valence-corrected chi connectivity index (χ4v) is 1.58. The Labute approximate surface area is 93.9 Å². The van der Waals surface area contributed by atoms with Gasteiger partial charge in [-0.2, -0.15) is 0 Å². The van der Waals surface area contributed by atoms with Crippen LogP contribution in [0.1, 0.15) is 24.9 Å². The van der Waals surface area contributed by atoms with E-state index in [0.717, 1.165) is 5.57 Å². The summed E-state index contributed by atoms with van der Waals surface area (Å²) in [5, 5.41) is 0.106. The van der Waals surface area contributed by atoms with Crippen LogP contribution in [-0.4, -0.2) is 0 Å². The van der Waals surface area contributed by atoms with Gasteiger partial charge >= 0.3 is 0 Å². The number of hydrazine groups is 1. The van der Waals surface area contributed by atoms with Gasteiger partial charge in [-0.15, -0.1) is 6.58 Å². The molecule has 1 aromatic carbocycles. The highest BCUT2D eigenvalue weighted by Crippen LogP contribution is 2.26. The monoisotopic (exact) mass is 228 g/mol. The van der Waals surface area contributed by atoms with E-state index in [0.29, 0.717) is 12.0 Å². The van der Waals surface area contributed by atoms with E-state index in [1.807, 2.05) is 6.92 Å². The Morgan fingerprint density at radius 1 is 1.67 bits per heavy atom. The van der Waals surface area contributed by atoms with E-state index in [4.69, 9.17) is 17.4 Å². The Bertz CT molecular complexity index is 366. The molecule has 2 nitrogen and oxygen atoms in total. The molecule has 0 heterocycles. The predicted octanol–water partition coefficient (Wildman–Crippen LogP) is 2.95. The molecule has 0 aliphatic carbocycles. The number of halogens is 2. The topological polar surface area (TPSA) is 38.0 Å². The molecule has 1 aromatic rings. The van der Waals surface area contributed by atoms with Crippen LogP contribution in [-0.2, 0) is 0 Å². The predicted molar refractivity (Wildman–Crippen MR) is 60.9 cm³/mol. The molecule has 3 N–H and O–H groups in total. The second-order valence-corrected chi connectivity index (χ2v) is 3.93. The van der Waals surface area contributed by atoms with E-state index in [-0.39, 0.29) is 11.1 Å². The lowest BCUT2D eigenvalue weighted by atomic mass is 10.0. The van der Waals surface area contributed by atoms with E-state index in [1.54, 1.807) is 12.1 Å². The number of nitrogens with one attached hydrogen (secondary N) is 1. The SMILES string of the molecule is C=C(C)CC(NN)c1cccc(Cl)c1F. The summed E-state index contributed by atoms with van der Waals surface area (Å²) in [6, 6.07) is 4.58.